The van der Waals surface area contributed by atoms with Crippen LogP contribution in [0.5, 0.6) is 0 Å². The summed E-state index contributed by atoms with van der Waals surface area (Å²) in [7, 11) is 0. The number of benzene rings is 1. The average molecular weight is 347 g/mol. The molecule has 0 bridgehead atoms. The van der Waals surface area contributed by atoms with Crippen molar-refractivity contribution in [1.82, 2.24) is 9.38 Å². The van der Waals surface area contributed by atoms with Crippen LogP contribution in [0.3, 0.4) is 0 Å². The molecule has 0 amide bonds. The Balaban J connectivity index is 1.66. The Morgan fingerprint density at radius 2 is 2.00 bits per heavy atom. The van der Waals surface area contributed by atoms with Crippen molar-refractivity contribution in [3.63, 3.8) is 0 Å². The lowest BCUT2D eigenvalue weighted by Crippen LogP contribution is -2.17. The second-order valence-corrected chi connectivity index (χ2v) is 6.79. The molecule has 1 aromatic carbocycles. The normalized spacial score (nSPS) is 10.9. The number of hydrogen-bond acceptors (Lipinski definition) is 4. The van der Waals surface area contributed by atoms with Gasteiger partial charge in [-0.1, -0.05) is 30.3 Å². The Labute approximate surface area is 149 Å². The lowest BCUT2D eigenvalue weighted by Gasteiger charge is -2.11. The third-order valence-corrected chi connectivity index (χ3v) is 5.02. The highest BCUT2D eigenvalue weighted by Crippen LogP contribution is 2.31. The molecule has 0 aliphatic rings. The minimum absolute atomic E-state index is 0.0583. The maximum atomic E-state index is 12.3. The molecule has 0 atom stereocenters. The largest absolute Gasteiger partial charge is 0.379 e. The van der Waals surface area contributed by atoms with Gasteiger partial charge in [0.25, 0.3) is 5.56 Å². The molecule has 0 fully saturated rings. The Morgan fingerprint density at radius 1 is 1.12 bits per heavy atom. The molecule has 3 heterocycles. The van der Waals surface area contributed by atoms with E-state index in [0.29, 0.717) is 12.2 Å². The number of anilines is 1. The molecule has 0 unspecified atom stereocenters. The molecule has 0 aliphatic heterocycles. The summed E-state index contributed by atoms with van der Waals surface area (Å²) >= 11 is 1.71. The number of aryl methyl sites for hydroxylation is 1. The van der Waals surface area contributed by atoms with Gasteiger partial charge in [0.05, 0.1) is 12.2 Å². The highest BCUT2D eigenvalue weighted by Gasteiger charge is 2.07. The highest BCUT2D eigenvalue weighted by atomic mass is 32.1. The first-order valence-electron chi connectivity index (χ1n) is 8.07. The van der Waals surface area contributed by atoms with Crippen LogP contribution < -0.4 is 10.9 Å². The van der Waals surface area contributed by atoms with Crippen LogP contribution in [0.15, 0.2) is 71.0 Å². The molecule has 0 saturated carbocycles. The summed E-state index contributed by atoms with van der Waals surface area (Å²) in [6, 6.07) is 17.8. The number of pyridine rings is 1. The lowest BCUT2D eigenvalue weighted by atomic mass is 10.1. The zero-order valence-electron chi connectivity index (χ0n) is 13.8. The van der Waals surface area contributed by atoms with Crippen molar-refractivity contribution < 1.29 is 0 Å². The topological polar surface area (TPSA) is 46.4 Å². The van der Waals surface area contributed by atoms with Crippen LogP contribution in [0.1, 0.15) is 11.3 Å². The molecular formula is C20H17N3OS. The summed E-state index contributed by atoms with van der Waals surface area (Å²) in [6.07, 6.45) is 1.75. The van der Waals surface area contributed by atoms with Gasteiger partial charge < -0.3 is 5.32 Å². The van der Waals surface area contributed by atoms with Gasteiger partial charge in [-0.3, -0.25) is 9.20 Å². The van der Waals surface area contributed by atoms with Crippen molar-refractivity contribution in [2.75, 3.05) is 5.32 Å². The van der Waals surface area contributed by atoms with E-state index in [2.05, 4.69) is 27.8 Å². The molecule has 0 saturated heterocycles. The van der Waals surface area contributed by atoms with Crippen LogP contribution in [0, 0.1) is 6.92 Å². The van der Waals surface area contributed by atoms with Crippen molar-refractivity contribution in [2.24, 2.45) is 0 Å². The molecule has 5 heteroatoms. The predicted molar refractivity (Wildman–Crippen MR) is 103 cm³/mol. The third kappa shape index (κ3) is 3.06. The van der Waals surface area contributed by atoms with Gasteiger partial charge in [0.1, 0.15) is 5.65 Å². The fourth-order valence-electron chi connectivity index (χ4n) is 2.87. The van der Waals surface area contributed by atoms with E-state index in [9.17, 15) is 4.79 Å². The number of para-hydroxylation sites is 1. The molecule has 124 valence electrons. The summed E-state index contributed by atoms with van der Waals surface area (Å²) in [5.74, 6) is 0. The number of hydrogen-bond donors (Lipinski definition) is 1. The summed E-state index contributed by atoms with van der Waals surface area (Å²) in [4.78, 5) is 18.2. The van der Waals surface area contributed by atoms with Crippen molar-refractivity contribution in [2.45, 2.75) is 13.5 Å². The van der Waals surface area contributed by atoms with E-state index in [1.807, 2.05) is 43.3 Å². The van der Waals surface area contributed by atoms with Crippen LogP contribution in [0.2, 0.25) is 0 Å². The predicted octanol–water partition coefficient (Wildman–Crippen LogP) is 4.34. The molecule has 4 rings (SSSR count). The molecule has 3 aromatic heterocycles. The number of thiophene rings is 1. The maximum absolute atomic E-state index is 12.3. The van der Waals surface area contributed by atoms with E-state index >= 15 is 0 Å². The van der Waals surface area contributed by atoms with Gasteiger partial charge in [-0.2, -0.15) is 0 Å². The van der Waals surface area contributed by atoms with Gasteiger partial charge in [0, 0.05) is 28.4 Å². The summed E-state index contributed by atoms with van der Waals surface area (Å²) < 4.78 is 1.58. The maximum Gasteiger partial charge on any atom is 0.258 e. The van der Waals surface area contributed by atoms with E-state index in [1.165, 1.54) is 4.88 Å². The van der Waals surface area contributed by atoms with E-state index < -0.39 is 0 Å². The van der Waals surface area contributed by atoms with Crippen LogP contribution >= 0.6 is 11.3 Å². The van der Waals surface area contributed by atoms with E-state index in [0.717, 1.165) is 22.5 Å². The summed E-state index contributed by atoms with van der Waals surface area (Å²) in [5.41, 5.74) is 4.57. The number of nitrogens with zero attached hydrogens (tertiary/aromatic N) is 2. The fourth-order valence-corrected chi connectivity index (χ4v) is 3.63. The monoisotopic (exact) mass is 347 g/mol. The first kappa shape index (κ1) is 15.6. The second-order valence-electron chi connectivity index (χ2n) is 5.85. The molecule has 4 aromatic rings. The van der Waals surface area contributed by atoms with Crippen molar-refractivity contribution in [3.8, 4) is 10.4 Å². The lowest BCUT2D eigenvalue weighted by molar-refractivity contribution is 0.964. The zero-order valence-corrected chi connectivity index (χ0v) is 14.6. The van der Waals surface area contributed by atoms with Crippen LogP contribution in [-0.2, 0) is 6.54 Å². The standard InChI is InChI=1S/C20H17N3OS/c1-14-6-4-10-23-19(24)12-15(22-20(14)23)13-21-17-8-3-2-7-16(17)18-9-5-11-25-18/h2-12,21H,13H2,1H3. The van der Waals surface area contributed by atoms with Gasteiger partial charge in [0.15, 0.2) is 0 Å². The van der Waals surface area contributed by atoms with E-state index in [1.54, 1.807) is 28.0 Å². The van der Waals surface area contributed by atoms with Crippen molar-refractivity contribution in [1.29, 1.82) is 0 Å². The Morgan fingerprint density at radius 3 is 2.84 bits per heavy atom. The number of nitrogens with one attached hydrogen (secondary N) is 1. The molecule has 1 N–H and O–H groups in total. The van der Waals surface area contributed by atoms with Gasteiger partial charge in [0.2, 0.25) is 0 Å². The Hall–Kier alpha value is -2.92. The molecule has 0 aliphatic carbocycles. The SMILES string of the molecule is Cc1cccn2c(=O)cc(CNc3ccccc3-c3cccs3)nc12. The van der Waals surface area contributed by atoms with Gasteiger partial charge >= 0.3 is 0 Å². The van der Waals surface area contributed by atoms with Crippen molar-refractivity contribution in [3.05, 3.63) is 87.8 Å². The Kier molecular flexibility index (Phi) is 4.07. The molecule has 25 heavy (non-hydrogen) atoms. The minimum Gasteiger partial charge on any atom is -0.379 e. The first-order valence-corrected chi connectivity index (χ1v) is 8.95. The van der Waals surface area contributed by atoms with Crippen LogP contribution in [-0.4, -0.2) is 9.38 Å². The number of fused-ring (bicyclic) bond motifs is 1. The first-order chi connectivity index (χ1) is 12.2. The number of aromatic nitrogens is 2. The van der Waals surface area contributed by atoms with E-state index in [-0.39, 0.29) is 5.56 Å². The molecular weight excluding hydrogens is 330 g/mol. The van der Waals surface area contributed by atoms with Crippen LogP contribution in [0.25, 0.3) is 16.1 Å². The van der Waals surface area contributed by atoms with Crippen LogP contribution in [0.4, 0.5) is 5.69 Å². The van der Waals surface area contributed by atoms with Gasteiger partial charge in [-0.25, -0.2) is 4.98 Å². The second kappa shape index (κ2) is 6.53. The minimum atomic E-state index is -0.0583. The highest BCUT2D eigenvalue weighted by molar-refractivity contribution is 7.13. The van der Waals surface area contributed by atoms with Gasteiger partial charge in [-0.15, -0.1) is 11.3 Å². The smallest absolute Gasteiger partial charge is 0.258 e. The molecule has 0 spiro atoms. The molecule has 0 radical (unpaired) electrons. The quantitative estimate of drug-likeness (QED) is 0.597. The van der Waals surface area contributed by atoms with Gasteiger partial charge in [-0.05, 0) is 36.1 Å². The fraction of sp³-hybridized carbons (Fsp3) is 0.100. The number of rotatable bonds is 4. The third-order valence-electron chi connectivity index (χ3n) is 4.11. The van der Waals surface area contributed by atoms with E-state index in [4.69, 9.17) is 0 Å². The summed E-state index contributed by atoms with van der Waals surface area (Å²) in [5, 5.41) is 5.50. The van der Waals surface area contributed by atoms with Crippen molar-refractivity contribution >= 4 is 22.7 Å². The zero-order chi connectivity index (χ0) is 17.2. The molecule has 4 nitrogen and oxygen atoms in total. The Bertz CT molecular complexity index is 1080. The summed E-state index contributed by atoms with van der Waals surface area (Å²) in [6.45, 7) is 2.47. The average Bonchev–Trinajstić information content (AvgIpc) is 3.16.